The second kappa shape index (κ2) is 5.54. The van der Waals surface area contributed by atoms with Crippen LogP contribution in [0.1, 0.15) is 19.3 Å². The minimum absolute atomic E-state index is 0.142. The van der Waals surface area contributed by atoms with Gasteiger partial charge in [0.15, 0.2) is 0 Å². The van der Waals surface area contributed by atoms with Crippen molar-refractivity contribution >= 4 is 0 Å². The van der Waals surface area contributed by atoms with Gasteiger partial charge in [0, 0.05) is 25.2 Å². The van der Waals surface area contributed by atoms with Gasteiger partial charge in [0.2, 0.25) is 0 Å². The Balaban J connectivity index is 2.42. The zero-order valence-corrected chi connectivity index (χ0v) is 8.02. The zero-order chi connectivity index (χ0) is 9.68. The van der Waals surface area contributed by atoms with Crippen LogP contribution in [-0.2, 0) is 0 Å². The van der Waals surface area contributed by atoms with Crippen LogP contribution in [-0.4, -0.2) is 53.5 Å². The molecule has 4 N–H and O–H groups in total. The quantitative estimate of drug-likeness (QED) is 0.526. The minimum Gasteiger partial charge on any atom is -0.395 e. The van der Waals surface area contributed by atoms with Crippen LogP contribution >= 0.6 is 0 Å². The Labute approximate surface area is 79.3 Å². The fourth-order valence-corrected chi connectivity index (χ4v) is 2.12. The first-order valence-electron chi connectivity index (χ1n) is 5.01. The van der Waals surface area contributed by atoms with Gasteiger partial charge in [-0.25, -0.2) is 0 Å². The standard InChI is InChI=1S/C9H20N2O2/c10-8-2-1-3-9(8)11(4-6-12)5-7-13/h8-9,12-13H,1-7,10H2. The maximum absolute atomic E-state index is 8.85. The van der Waals surface area contributed by atoms with Crippen LogP contribution in [0.5, 0.6) is 0 Å². The van der Waals surface area contributed by atoms with Crippen LogP contribution in [0.2, 0.25) is 0 Å². The van der Waals surface area contributed by atoms with Gasteiger partial charge in [-0.05, 0) is 12.8 Å². The zero-order valence-electron chi connectivity index (χ0n) is 8.02. The summed E-state index contributed by atoms with van der Waals surface area (Å²) in [6.45, 7) is 1.53. The smallest absolute Gasteiger partial charge is 0.0558 e. The molecule has 1 aliphatic rings. The van der Waals surface area contributed by atoms with Gasteiger partial charge in [0.05, 0.1) is 13.2 Å². The van der Waals surface area contributed by atoms with Crippen molar-refractivity contribution in [2.45, 2.75) is 31.3 Å². The largest absolute Gasteiger partial charge is 0.395 e. The Bertz CT molecular complexity index is 138. The SMILES string of the molecule is NC1CCCC1N(CCO)CCO. The molecule has 1 fully saturated rings. The number of nitrogens with two attached hydrogens (primary N) is 1. The van der Waals surface area contributed by atoms with Crippen molar-refractivity contribution in [2.75, 3.05) is 26.3 Å². The fourth-order valence-electron chi connectivity index (χ4n) is 2.12. The van der Waals surface area contributed by atoms with Crippen molar-refractivity contribution in [1.82, 2.24) is 4.90 Å². The van der Waals surface area contributed by atoms with Crippen molar-refractivity contribution in [3.63, 3.8) is 0 Å². The number of nitrogens with zero attached hydrogens (tertiary/aromatic N) is 1. The molecule has 78 valence electrons. The molecule has 0 amide bonds. The summed E-state index contributed by atoms with van der Waals surface area (Å²) in [5.41, 5.74) is 5.94. The van der Waals surface area contributed by atoms with E-state index in [1.54, 1.807) is 0 Å². The molecule has 0 bridgehead atoms. The molecule has 1 saturated carbocycles. The van der Waals surface area contributed by atoms with E-state index in [1.807, 2.05) is 0 Å². The van der Waals surface area contributed by atoms with Crippen LogP contribution < -0.4 is 5.73 Å². The van der Waals surface area contributed by atoms with Crippen molar-refractivity contribution in [3.8, 4) is 0 Å². The molecule has 0 saturated heterocycles. The van der Waals surface area contributed by atoms with E-state index in [2.05, 4.69) is 4.90 Å². The van der Waals surface area contributed by atoms with E-state index in [9.17, 15) is 0 Å². The van der Waals surface area contributed by atoms with Crippen LogP contribution in [0.3, 0.4) is 0 Å². The summed E-state index contributed by atoms with van der Waals surface area (Å²) < 4.78 is 0. The topological polar surface area (TPSA) is 69.7 Å². The summed E-state index contributed by atoms with van der Waals surface area (Å²) in [7, 11) is 0. The molecule has 1 aliphatic carbocycles. The molecule has 0 aliphatic heterocycles. The van der Waals surface area contributed by atoms with E-state index >= 15 is 0 Å². The normalized spacial score (nSPS) is 28.6. The molecule has 0 aromatic rings. The van der Waals surface area contributed by atoms with E-state index < -0.39 is 0 Å². The first-order chi connectivity index (χ1) is 6.29. The minimum atomic E-state index is 0.142. The third-order valence-electron chi connectivity index (χ3n) is 2.78. The molecule has 0 spiro atoms. The second-order valence-electron chi connectivity index (χ2n) is 3.65. The highest BCUT2D eigenvalue weighted by molar-refractivity contribution is 4.87. The van der Waals surface area contributed by atoms with Crippen molar-refractivity contribution in [1.29, 1.82) is 0 Å². The van der Waals surface area contributed by atoms with Gasteiger partial charge >= 0.3 is 0 Å². The molecule has 0 radical (unpaired) electrons. The Kier molecular flexibility index (Phi) is 4.66. The molecule has 4 heteroatoms. The molecular formula is C9H20N2O2. The summed E-state index contributed by atoms with van der Waals surface area (Å²) in [4.78, 5) is 2.09. The van der Waals surface area contributed by atoms with Crippen LogP contribution in [0.4, 0.5) is 0 Å². The Morgan fingerprint density at radius 3 is 2.15 bits per heavy atom. The summed E-state index contributed by atoms with van der Waals surface area (Å²) in [6, 6.07) is 0.581. The van der Waals surface area contributed by atoms with E-state index in [0.29, 0.717) is 19.1 Å². The Morgan fingerprint density at radius 2 is 1.77 bits per heavy atom. The molecule has 2 atom stereocenters. The average Bonchev–Trinajstić information content (AvgIpc) is 2.51. The highest BCUT2D eigenvalue weighted by Crippen LogP contribution is 2.22. The lowest BCUT2D eigenvalue weighted by Gasteiger charge is -2.30. The van der Waals surface area contributed by atoms with E-state index in [4.69, 9.17) is 15.9 Å². The lowest BCUT2D eigenvalue weighted by molar-refractivity contribution is 0.116. The second-order valence-corrected chi connectivity index (χ2v) is 3.65. The molecule has 1 rings (SSSR count). The summed E-state index contributed by atoms with van der Waals surface area (Å²) in [6.07, 6.45) is 3.33. The van der Waals surface area contributed by atoms with Gasteiger partial charge in [-0.15, -0.1) is 0 Å². The average molecular weight is 188 g/mol. The molecule has 0 heterocycles. The van der Waals surface area contributed by atoms with Gasteiger partial charge in [0.25, 0.3) is 0 Å². The van der Waals surface area contributed by atoms with E-state index in [0.717, 1.165) is 12.8 Å². The van der Waals surface area contributed by atoms with Gasteiger partial charge in [0.1, 0.15) is 0 Å². The number of aliphatic hydroxyl groups excluding tert-OH is 2. The number of rotatable bonds is 5. The van der Waals surface area contributed by atoms with Crippen LogP contribution in [0.25, 0.3) is 0 Å². The first-order valence-corrected chi connectivity index (χ1v) is 5.01. The highest BCUT2D eigenvalue weighted by Gasteiger charge is 2.28. The Morgan fingerprint density at radius 1 is 1.15 bits per heavy atom. The molecule has 13 heavy (non-hydrogen) atoms. The summed E-state index contributed by atoms with van der Waals surface area (Å²) in [5, 5.41) is 17.7. The van der Waals surface area contributed by atoms with Gasteiger partial charge < -0.3 is 15.9 Å². The predicted octanol–water partition coefficient (Wildman–Crippen LogP) is -0.847. The third-order valence-corrected chi connectivity index (χ3v) is 2.78. The fraction of sp³-hybridized carbons (Fsp3) is 1.00. The molecule has 4 nitrogen and oxygen atoms in total. The maximum atomic E-state index is 8.85. The lowest BCUT2D eigenvalue weighted by atomic mass is 10.1. The van der Waals surface area contributed by atoms with Crippen LogP contribution in [0.15, 0.2) is 0 Å². The van der Waals surface area contributed by atoms with E-state index in [-0.39, 0.29) is 19.3 Å². The predicted molar refractivity (Wildman–Crippen MR) is 51.4 cm³/mol. The van der Waals surface area contributed by atoms with Crippen molar-refractivity contribution in [2.24, 2.45) is 5.73 Å². The highest BCUT2D eigenvalue weighted by atomic mass is 16.3. The molecule has 0 aromatic heterocycles. The van der Waals surface area contributed by atoms with Gasteiger partial charge in [-0.1, -0.05) is 6.42 Å². The Hall–Kier alpha value is -0.160. The van der Waals surface area contributed by atoms with Crippen LogP contribution in [0, 0.1) is 0 Å². The first kappa shape index (κ1) is 10.9. The maximum Gasteiger partial charge on any atom is 0.0558 e. The van der Waals surface area contributed by atoms with Crippen molar-refractivity contribution < 1.29 is 10.2 Å². The van der Waals surface area contributed by atoms with E-state index in [1.165, 1.54) is 6.42 Å². The van der Waals surface area contributed by atoms with Gasteiger partial charge in [-0.3, -0.25) is 4.90 Å². The number of hydrogen-bond acceptors (Lipinski definition) is 4. The molecular weight excluding hydrogens is 168 g/mol. The third kappa shape index (κ3) is 2.91. The summed E-state index contributed by atoms with van der Waals surface area (Å²) >= 11 is 0. The monoisotopic (exact) mass is 188 g/mol. The molecule has 0 aromatic carbocycles. The number of hydrogen-bond donors (Lipinski definition) is 3. The summed E-state index contributed by atoms with van der Waals surface area (Å²) in [5.74, 6) is 0. The molecule has 2 unspecified atom stereocenters. The van der Waals surface area contributed by atoms with Gasteiger partial charge in [-0.2, -0.15) is 0 Å². The number of aliphatic hydroxyl groups is 2. The lowest BCUT2D eigenvalue weighted by Crippen LogP contribution is -2.46. The van der Waals surface area contributed by atoms with Crippen molar-refractivity contribution in [3.05, 3.63) is 0 Å².